The first kappa shape index (κ1) is 15.8. The molecule has 4 nitrogen and oxygen atoms in total. The van der Waals surface area contributed by atoms with Crippen molar-refractivity contribution in [3.05, 3.63) is 58.3 Å². The molecule has 0 bridgehead atoms. The van der Waals surface area contributed by atoms with E-state index in [9.17, 15) is 0 Å². The van der Waals surface area contributed by atoms with Crippen molar-refractivity contribution in [2.45, 2.75) is 6.54 Å². The number of piperazine rings is 1. The largest absolute Gasteiger partial charge is 0.368 e. The molecule has 1 aliphatic rings. The van der Waals surface area contributed by atoms with Gasteiger partial charge in [0.1, 0.15) is 5.65 Å². The lowest BCUT2D eigenvalue weighted by Gasteiger charge is -2.36. The molecule has 4 rings (SSSR count). The summed E-state index contributed by atoms with van der Waals surface area (Å²) in [5.41, 5.74) is 3.34. The number of anilines is 1. The highest BCUT2D eigenvalue weighted by Crippen LogP contribution is 2.29. The number of halogens is 2. The van der Waals surface area contributed by atoms with Gasteiger partial charge in [-0.3, -0.25) is 4.90 Å². The molecule has 1 aromatic carbocycles. The number of benzene rings is 1. The number of aromatic amines is 1. The topological polar surface area (TPSA) is 35.2 Å². The zero-order valence-corrected chi connectivity index (χ0v) is 14.7. The van der Waals surface area contributed by atoms with Crippen LogP contribution in [-0.4, -0.2) is 41.0 Å². The van der Waals surface area contributed by atoms with Crippen LogP contribution in [0.2, 0.25) is 10.0 Å². The van der Waals surface area contributed by atoms with E-state index in [1.807, 2.05) is 30.6 Å². The van der Waals surface area contributed by atoms with Crippen LogP contribution in [0.3, 0.4) is 0 Å². The fourth-order valence-corrected chi connectivity index (χ4v) is 3.81. The Morgan fingerprint density at radius 3 is 2.67 bits per heavy atom. The van der Waals surface area contributed by atoms with Crippen LogP contribution in [0.1, 0.15) is 5.56 Å². The van der Waals surface area contributed by atoms with Gasteiger partial charge in [-0.25, -0.2) is 4.98 Å². The van der Waals surface area contributed by atoms with Crippen LogP contribution >= 0.6 is 23.2 Å². The predicted octanol–water partition coefficient (Wildman–Crippen LogP) is 4.19. The molecule has 6 heteroatoms. The third kappa shape index (κ3) is 3.09. The van der Waals surface area contributed by atoms with E-state index in [0.717, 1.165) is 49.1 Å². The van der Waals surface area contributed by atoms with E-state index >= 15 is 0 Å². The maximum absolute atomic E-state index is 6.33. The number of pyridine rings is 1. The Kier molecular flexibility index (Phi) is 4.35. The lowest BCUT2D eigenvalue weighted by atomic mass is 10.1. The van der Waals surface area contributed by atoms with Crippen LogP contribution in [0, 0.1) is 0 Å². The smallest absolute Gasteiger partial charge is 0.137 e. The highest BCUT2D eigenvalue weighted by Gasteiger charge is 2.19. The molecule has 1 N–H and O–H groups in total. The third-order valence-corrected chi connectivity index (χ3v) is 5.10. The molecule has 2 aromatic heterocycles. The fourth-order valence-electron chi connectivity index (χ4n) is 3.28. The van der Waals surface area contributed by atoms with Gasteiger partial charge in [-0.15, -0.1) is 0 Å². The normalized spacial score (nSPS) is 16.0. The van der Waals surface area contributed by atoms with Gasteiger partial charge in [0.25, 0.3) is 0 Å². The van der Waals surface area contributed by atoms with E-state index in [0.29, 0.717) is 5.02 Å². The molecule has 0 aliphatic carbocycles. The van der Waals surface area contributed by atoms with Gasteiger partial charge in [0.15, 0.2) is 0 Å². The second-order valence-corrected chi connectivity index (χ2v) is 6.91. The minimum absolute atomic E-state index is 0.676. The lowest BCUT2D eigenvalue weighted by Crippen LogP contribution is -2.46. The third-order valence-electron chi connectivity index (χ3n) is 4.57. The number of fused-ring (bicyclic) bond motifs is 1. The van der Waals surface area contributed by atoms with Crippen LogP contribution < -0.4 is 4.90 Å². The lowest BCUT2D eigenvalue weighted by molar-refractivity contribution is 0.250. The Balaban J connectivity index is 1.44. The second kappa shape index (κ2) is 6.63. The molecular weight excluding hydrogens is 343 g/mol. The molecule has 0 radical (unpaired) electrons. The van der Waals surface area contributed by atoms with E-state index in [2.05, 4.69) is 31.9 Å². The summed E-state index contributed by atoms with van der Waals surface area (Å²) in [5.74, 6) is 0. The fraction of sp³-hybridized carbons (Fsp3) is 0.278. The Labute approximate surface area is 151 Å². The molecule has 3 heterocycles. The molecule has 0 saturated carbocycles. The van der Waals surface area contributed by atoms with E-state index in [-0.39, 0.29) is 0 Å². The standard InChI is InChI=1S/C18H18Cl2N4/c19-14-1-2-17(16(20)11-14)24-9-7-23(8-10-24)12-13-3-5-21-18-15(13)4-6-22-18/h1-6,11H,7-10,12H2,(H,21,22). The zero-order chi connectivity index (χ0) is 16.5. The summed E-state index contributed by atoms with van der Waals surface area (Å²) in [6, 6.07) is 9.92. The van der Waals surface area contributed by atoms with Gasteiger partial charge in [-0.1, -0.05) is 23.2 Å². The van der Waals surface area contributed by atoms with E-state index in [4.69, 9.17) is 23.2 Å². The zero-order valence-electron chi connectivity index (χ0n) is 13.2. The van der Waals surface area contributed by atoms with Gasteiger partial charge in [-0.05, 0) is 35.9 Å². The number of hydrogen-bond donors (Lipinski definition) is 1. The van der Waals surface area contributed by atoms with Crippen molar-refractivity contribution in [2.24, 2.45) is 0 Å². The Morgan fingerprint density at radius 1 is 1.04 bits per heavy atom. The Hall–Kier alpha value is -1.75. The quantitative estimate of drug-likeness (QED) is 0.760. The van der Waals surface area contributed by atoms with Crippen molar-refractivity contribution in [1.29, 1.82) is 0 Å². The predicted molar refractivity (Wildman–Crippen MR) is 100 cm³/mol. The van der Waals surface area contributed by atoms with Gasteiger partial charge in [0, 0.05) is 55.5 Å². The molecule has 1 saturated heterocycles. The van der Waals surface area contributed by atoms with Crippen LogP contribution in [0.5, 0.6) is 0 Å². The summed E-state index contributed by atoms with van der Waals surface area (Å²) >= 11 is 12.3. The van der Waals surface area contributed by atoms with Crippen molar-refractivity contribution in [3.63, 3.8) is 0 Å². The minimum atomic E-state index is 0.676. The van der Waals surface area contributed by atoms with Crippen LogP contribution in [-0.2, 0) is 6.54 Å². The van der Waals surface area contributed by atoms with Crippen molar-refractivity contribution in [2.75, 3.05) is 31.1 Å². The van der Waals surface area contributed by atoms with Crippen molar-refractivity contribution in [3.8, 4) is 0 Å². The average molecular weight is 361 g/mol. The van der Waals surface area contributed by atoms with Gasteiger partial charge >= 0.3 is 0 Å². The summed E-state index contributed by atoms with van der Waals surface area (Å²) in [6.07, 6.45) is 3.82. The Bertz CT molecular complexity index is 853. The number of H-pyrrole nitrogens is 1. The second-order valence-electron chi connectivity index (χ2n) is 6.07. The summed E-state index contributed by atoms with van der Waals surface area (Å²) in [6.45, 7) is 4.88. The average Bonchev–Trinajstić information content (AvgIpc) is 3.06. The Morgan fingerprint density at radius 2 is 1.88 bits per heavy atom. The first-order chi connectivity index (χ1) is 11.7. The number of hydrogen-bond acceptors (Lipinski definition) is 3. The minimum Gasteiger partial charge on any atom is -0.368 e. The molecule has 1 fully saturated rings. The molecule has 1 aliphatic heterocycles. The molecule has 124 valence electrons. The molecule has 24 heavy (non-hydrogen) atoms. The molecule has 0 spiro atoms. The van der Waals surface area contributed by atoms with Gasteiger partial charge in [-0.2, -0.15) is 0 Å². The van der Waals surface area contributed by atoms with Crippen molar-refractivity contribution in [1.82, 2.24) is 14.9 Å². The summed E-state index contributed by atoms with van der Waals surface area (Å²) in [5, 5.41) is 2.61. The van der Waals surface area contributed by atoms with Gasteiger partial charge in [0.2, 0.25) is 0 Å². The maximum atomic E-state index is 6.33. The van der Waals surface area contributed by atoms with Gasteiger partial charge < -0.3 is 9.88 Å². The number of nitrogens with one attached hydrogen (secondary N) is 1. The van der Waals surface area contributed by atoms with Crippen LogP contribution in [0.4, 0.5) is 5.69 Å². The monoisotopic (exact) mass is 360 g/mol. The molecule has 3 aromatic rings. The van der Waals surface area contributed by atoms with Crippen LogP contribution in [0.25, 0.3) is 11.0 Å². The maximum Gasteiger partial charge on any atom is 0.137 e. The SMILES string of the molecule is Clc1ccc(N2CCN(Cc3ccnc4[nH]ccc34)CC2)c(Cl)c1. The van der Waals surface area contributed by atoms with E-state index < -0.39 is 0 Å². The summed E-state index contributed by atoms with van der Waals surface area (Å²) in [4.78, 5) is 12.3. The number of rotatable bonds is 3. The van der Waals surface area contributed by atoms with Crippen LogP contribution in [0.15, 0.2) is 42.7 Å². The first-order valence-electron chi connectivity index (χ1n) is 8.04. The van der Waals surface area contributed by atoms with E-state index in [1.165, 1.54) is 10.9 Å². The highest BCUT2D eigenvalue weighted by molar-refractivity contribution is 6.36. The number of nitrogens with zero attached hydrogens (tertiary/aromatic N) is 3. The summed E-state index contributed by atoms with van der Waals surface area (Å²) < 4.78 is 0. The molecule has 0 amide bonds. The number of aromatic nitrogens is 2. The van der Waals surface area contributed by atoms with E-state index in [1.54, 1.807) is 0 Å². The first-order valence-corrected chi connectivity index (χ1v) is 8.79. The van der Waals surface area contributed by atoms with Crippen molar-refractivity contribution < 1.29 is 0 Å². The summed E-state index contributed by atoms with van der Waals surface area (Å²) in [7, 11) is 0. The molecule has 0 atom stereocenters. The highest BCUT2D eigenvalue weighted by atomic mass is 35.5. The molecular formula is C18H18Cl2N4. The van der Waals surface area contributed by atoms with Crippen molar-refractivity contribution >= 4 is 39.9 Å². The van der Waals surface area contributed by atoms with Gasteiger partial charge in [0.05, 0.1) is 10.7 Å². The molecule has 0 unspecified atom stereocenters.